The van der Waals surface area contributed by atoms with Gasteiger partial charge in [-0.25, -0.2) is 9.97 Å². The molecule has 0 radical (unpaired) electrons. The summed E-state index contributed by atoms with van der Waals surface area (Å²) in [5.74, 6) is 1.78. The van der Waals surface area contributed by atoms with Crippen LogP contribution < -0.4 is 15.8 Å². The van der Waals surface area contributed by atoms with Gasteiger partial charge in [-0.05, 0) is 24.3 Å². The van der Waals surface area contributed by atoms with E-state index in [0.717, 1.165) is 5.69 Å². The van der Waals surface area contributed by atoms with Gasteiger partial charge >= 0.3 is 0 Å². The third-order valence-corrected chi connectivity index (χ3v) is 3.28. The number of anilines is 3. The van der Waals surface area contributed by atoms with Crippen LogP contribution in [0.2, 0.25) is 0 Å². The SMILES string of the molecule is COc1ccccc1Nc1nc(-c2cccc(O)c2)ncc1N. The lowest BCUT2D eigenvalue weighted by atomic mass is 10.2. The maximum absolute atomic E-state index is 9.59. The van der Waals surface area contributed by atoms with E-state index >= 15 is 0 Å². The van der Waals surface area contributed by atoms with E-state index < -0.39 is 0 Å². The molecule has 1 heterocycles. The quantitative estimate of drug-likeness (QED) is 0.685. The van der Waals surface area contributed by atoms with E-state index in [4.69, 9.17) is 10.5 Å². The number of ether oxygens (including phenoxy) is 1. The molecule has 0 fully saturated rings. The molecule has 0 aliphatic rings. The fraction of sp³-hybridized carbons (Fsp3) is 0.0588. The number of methoxy groups -OCH3 is 1. The van der Waals surface area contributed by atoms with Crippen LogP contribution in [0.5, 0.6) is 11.5 Å². The molecule has 3 rings (SSSR count). The molecular weight excluding hydrogens is 292 g/mol. The molecule has 4 N–H and O–H groups in total. The highest BCUT2D eigenvalue weighted by Crippen LogP contribution is 2.30. The van der Waals surface area contributed by atoms with Crippen LogP contribution in [-0.4, -0.2) is 22.2 Å². The summed E-state index contributed by atoms with van der Waals surface area (Å²) in [5.41, 5.74) is 7.83. The lowest BCUT2D eigenvalue weighted by molar-refractivity contribution is 0.417. The van der Waals surface area contributed by atoms with Crippen molar-refractivity contribution in [3.8, 4) is 22.9 Å². The van der Waals surface area contributed by atoms with E-state index in [1.165, 1.54) is 6.20 Å². The van der Waals surface area contributed by atoms with E-state index in [9.17, 15) is 5.11 Å². The van der Waals surface area contributed by atoms with Gasteiger partial charge in [0, 0.05) is 5.56 Å². The van der Waals surface area contributed by atoms with Crippen LogP contribution >= 0.6 is 0 Å². The van der Waals surface area contributed by atoms with Gasteiger partial charge in [0.15, 0.2) is 11.6 Å². The molecule has 116 valence electrons. The summed E-state index contributed by atoms with van der Waals surface area (Å²) in [7, 11) is 1.60. The van der Waals surface area contributed by atoms with E-state index in [2.05, 4.69) is 15.3 Å². The monoisotopic (exact) mass is 308 g/mol. The van der Waals surface area contributed by atoms with Crippen LogP contribution in [0.15, 0.2) is 54.7 Å². The first-order valence-electron chi connectivity index (χ1n) is 6.99. The van der Waals surface area contributed by atoms with Gasteiger partial charge in [0.25, 0.3) is 0 Å². The molecule has 6 nitrogen and oxygen atoms in total. The number of aromatic nitrogens is 2. The number of hydrogen-bond donors (Lipinski definition) is 3. The van der Waals surface area contributed by atoms with Gasteiger partial charge in [0.1, 0.15) is 11.5 Å². The van der Waals surface area contributed by atoms with Crippen molar-refractivity contribution in [3.05, 3.63) is 54.7 Å². The van der Waals surface area contributed by atoms with Gasteiger partial charge in [-0.3, -0.25) is 0 Å². The van der Waals surface area contributed by atoms with Crippen molar-refractivity contribution in [1.29, 1.82) is 0 Å². The molecule has 3 aromatic rings. The Hall–Kier alpha value is -3.28. The minimum atomic E-state index is 0.155. The fourth-order valence-corrected chi connectivity index (χ4v) is 2.15. The summed E-state index contributed by atoms with van der Waals surface area (Å²) in [6.07, 6.45) is 1.53. The smallest absolute Gasteiger partial charge is 0.161 e. The van der Waals surface area contributed by atoms with Gasteiger partial charge in [0.2, 0.25) is 0 Å². The van der Waals surface area contributed by atoms with E-state index in [1.54, 1.807) is 25.3 Å². The molecule has 0 aliphatic carbocycles. The van der Waals surface area contributed by atoms with Gasteiger partial charge < -0.3 is 20.9 Å². The summed E-state index contributed by atoms with van der Waals surface area (Å²) < 4.78 is 5.31. The van der Waals surface area contributed by atoms with E-state index in [1.807, 2.05) is 30.3 Å². The first kappa shape index (κ1) is 14.6. The lowest BCUT2D eigenvalue weighted by Gasteiger charge is -2.12. The number of aromatic hydroxyl groups is 1. The molecule has 23 heavy (non-hydrogen) atoms. The maximum atomic E-state index is 9.59. The number of nitrogens with zero attached hydrogens (tertiary/aromatic N) is 2. The normalized spacial score (nSPS) is 10.3. The summed E-state index contributed by atoms with van der Waals surface area (Å²) in [5, 5.41) is 12.7. The second-order valence-electron chi connectivity index (χ2n) is 4.87. The Kier molecular flexibility index (Phi) is 3.97. The Morgan fingerprint density at radius 2 is 1.96 bits per heavy atom. The third-order valence-electron chi connectivity index (χ3n) is 3.28. The number of para-hydroxylation sites is 2. The first-order valence-corrected chi connectivity index (χ1v) is 6.99. The first-order chi connectivity index (χ1) is 11.2. The standard InChI is InChI=1S/C17H16N4O2/c1-23-15-8-3-2-7-14(15)20-17-13(18)10-19-16(21-17)11-5-4-6-12(22)9-11/h2-10,22H,18H2,1H3,(H,19,20,21). The summed E-state index contributed by atoms with van der Waals surface area (Å²) >= 11 is 0. The molecule has 0 aliphatic heterocycles. The summed E-state index contributed by atoms with van der Waals surface area (Å²) in [6, 6.07) is 14.2. The van der Waals surface area contributed by atoms with Gasteiger partial charge in [0.05, 0.1) is 24.7 Å². The second-order valence-corrected chi connectivity index (χ2v) is 4.87. The number of benzene rings is 2. The van der Waals surface area contributed by atoms with Gasteiger partial charge in [-0.15, -0.1) is 0 Å². The highest BCUT2D eigenvalue weighted by molar-refractivity contribution is 5.73. The van der Waals surface area contributed by atoms with Crippen molar-refractivity contribution in [1.82, 2.24) is 9.97 Å². The average molecular weight is 308 g/mol. The van der Waals surface area contributed by atoms with Crippen LogP contribution in [0.4, 0.5) is 17.2 Å². The minimum Gasteiger partial charge on any atom is -0.508 e. The largest absolute Gasteiger partial charge is 0.508 e. The average Bonchev–Trinajstić information content (AvgIpc) is 2.57. The Morgan fingerprint density at radius 1 is 1.13 bits per heavy atom. The number of hydrogen-bond acceptors (Lipinski definition) is 6. The maximum Gasteiger partial charge on any atom is 0.161 e. The Bertz CT molecular complexity index is 836. The zero-order valence-corrected chi connectivity index (χ0v) is 12.5. The Balaban J connectivity index is 1.98. The molecule has 0 atom stereocenters. The second kappa shape index (κ2) is 6.23. The minimum absolute atomic E-state index is 0.155. The number of rotatable bonds is 4. The number of nitrogen functional groups attached to an aromatic ring is 1. The highest BCUT2D eigenvalue weighted by Gasteiger charge is 2.09. The van der Waals surface area contributed by atoms with Crippen LogP contribution in [-0.2, 0) is 0 Å². The van der Waals surface area contributed by atoms with Crippen molar-refractivity contribution >= 4 is 17.2 Å². The molecule has 6 heteroatoms. The number of phenols is 1. The van der Waals surface area contributed by atoms with Gasteiger partial charge in [-0.1, -0.05) is 24.3 Å². The highest BCUT2D eigenvalue weighted by atomic mass is 16.5. The molecule has 0 amide bonds. The molecule has 1 aromatic heterocycles. The van der Waals surface area contributed by atoms with Crippen molar-refractivity contribution in [2.24, 2.45) is 0 Å². The number of nitrogens with two attached hydrogens (primary N) is 1. The zero-order valence-electron chi connectivity index (χ0n) is 12.5. The number of phenolic OH excluding ortho intramolecular Hbond substituents is 1. The summed E-state index contributed by atoms with van der Waals surface area (Å²) in [6.45, 7) is 0. The zero-order chi connectivity index (χ0) is 16.2. The molecule has 0 spiro atoms. The molecule has 0 saturated heterocycles. The molecule has 2 aromatic carbocycles. The molecule has 0 saturated carbocycles. The van der Waals surface area contributed by atoms with Crippen molar-refractivity contribution in [3.63, 3.8) is 0 Å². The molecular formula is C17H16N4O2. The van der Waals surface area contributed by atoms with Crippen LogP contribution in [0.3, 0.4) is 0 Å². The van der Waals surface area contributed by atoms with E-state index in [-0.39, 0.29) is 5.75 Å². The Labute approximate surface area is 133 Å². The van der Waals surface area contributed by atoms with Crippen molar-refractivity contribution in [2.75, 3.05) is 18.2 Å². The van der Waals surface area contributed by atoms with E-state index in [0.29, 0.717) is 28.6 Å². The topological polar surface area (TPSA) is 93.3 Å². The van der Waals surface area contributed by atoms with Crippen LogP contribution in [0, 0.1) is 0 Å². The Morgan fingerprint density at radius 3 is 2.74 bits per heavy atom. The van der Waals surface area contributed by atoms with Crippen molar-refractivity contribution in [2.45, 2.75) is 0 Å². The van der Waals surface area contributed by atoms with Crippen LogP contribution in [0.1, 0.15) is 0 Å². The predicted molar refractivity (Wildman–Crippen MR) is 89.8 cm³/mol. The lowest BCUT2D eigenvalue weighted by Crippen LogP contribution is -2.03. The van der Waals surface area contributed by atoms with Crippen LogP contribution in [0.25, 0.3) is 11.4 Å². The number of nitrogens with one attached hydrogen (secondary N) is 1. The fourth-order valence-electron chi connectivity index (χ4n) is 2.15. The predicted octanol–water partition coefficient (Wildman–Crippen LogP) is 3.18. The summed E-state index contributed by atoms with van der Waals surface area (Å²) in [4.78, 5) is 8.66. The molecule has 0 unspecified atom stereocenters. The third kappa shape index (κ3) is 3.16. The van der Waals surface area contributed by atoms with Crippen molar-refractivity contribution < 1.29 is 9.84 Å². The molecule has 0 bridgehead atoms. The van der Waals surface area contributed by atoms with Gasteiger partial charge in [-0.2, -0.15) is 0 Å².